The molecule has 0 unspecified atom stereocenters. The van der Waals surface area contributed by atoms with Gasteiger partial charge in [-0.2, -0.15) is 0 Å². The maximum absolute atomic E-state index is 12.0. The number of nitrogens with zero attached hydrogens (tertiary/aromatic N) is 1. The highest BCUT2D eigenvalue weighted by molar-refractivity contribution is 5.76. The van der Waals surface area contributed by atoms with E-state index in [-0.39, 0.29) is 11.3 Å². The van der Waals surface area contributed by atoms with Crippen LogP contribution in [-0.2, 0) is 11.2 Å². The second-order valence-electron chi connectivity index (χ2n) is 10.1. The number of nitrogens with one attached hydrogen (secondary N) is 3. The first kappa shape index (κ1) is 22.9. The SMILES string of the molecule is CC(C)(C)CC(=O)NCC1CCC(CCNCCNc2nccc3c2CCO3)CC1. The summed E-state index contributed by atoms with van der Waals surface area (Å²) >= 11 is 0. The molecule has 0 spiro atoms. The van der Waals surface area contributed by atoms with Crippen LogP contribution in [0.15, 0.2) is 12.3 Å². The molecule has 2 heterocycles. The Balaban J connectivity index is 1.21. The molecule has 1 amide bonds. The Morgan fingerprint density at radius 1 is 1.13 bits per heavy atom. The molecule has 1 aromatic heterocycles. The van der Waals surface area contributed by atoms with Gasteiger partial charge >= 0.3 is 0 Å². The molecule has 0 saturated heterocycles. The average Bonchev–Trinajstić information content (AvgIpc) is 3.18. The first-order valence-corrected chi connectivity index (χ1v) is 11.7. The summed E-state index contributed by atoms with van der Waals surface area (Å²) in [4.78, 5) is 16.5. The van der Waals surface area contributed by atoms with Crippen LogP contribution < -0.4 is 20.7 Å². The summed E-state index contributed by atoms with van der Waals surface area (Å²) in [5.41, 5.74) is 1.28. The molecule has 1 fully saturated rings. The summed E-state index contributed by atoms with van der Waals surface area (Å²) in [5, 5.41) is 10.2. The van der Waals surface area contributed by atoms with Gasteiger partial charge in [-0.25, -0.2) is 4.98 Å². The quantitative estimate of drug-likeness (QED) is 0.506. The molecule has 0 atom stereocenters. The first-order chi connectivity index (χ1) is 14.4. The number of pyridine rings is 1. The van der Waals surface area contributed by atoms with Crippen molar-refractivity contribution in [2.75, 3.05) is 38.1 Å². The molecule has 2 aliphatic rings. The summed E-state index contributed by atoms with van der Waals surface area (Å²) in [6.45, 7) is 10.9. The third-order valence-electron chi connectivity index (χ3n) is 6.19. The van der Waals surface area contributed by atoms with E-state index in [1.807, 2.05) is 12.3 Å². The van der Waals surface area contributed by atoms with Crippen molar-refractivity contribution in [2.45, 2.75) is 65.7 Å². The molecule has 1 aliphatic carbocycles. The smallest absolute Gasteiger partial charge is 0.220 e. The van der Waals surface area contributed by atoms with Crippen LogP contribution in [0.1, 0.15) is 64.9 Å². The molecule has 6 nitrogen and oxygen atoms in total. The van der Waals surface area contributed by atoms with Crippen molar-refractivity contribution in [2.24, 2.45) is 17.3 Å². The Labute approximate surface area is 181 Å². The molecular weight excluding hydrogens is 376 g/mol. The topological polar surface area (TPSA) is 75.3 Å². The predicted octanol–water partition coefficient (Wildman–Crippen LogP) is 3.77. The zero-order valence-corrected chi connectivity index (χ0v) is 19.1. The molecule has 30 heavy (non-hydrogen) atoms. The third kappa shape index (κ3) is 7.46. The van der Waals surface area contributed by atoms with Crippen LogP contribution >= 0.6 is 0 Å². The van der Waals surface area contributed by atoms with Crippen LogP contribution in [0.2, 0.25) is 0 Å². The van der Waals surface area contributed by atoms with Crippen molar-refractivity contribution in [1.29, 1.82) is 0 Å². The molecule has 168 valence electrons. The highest BCUT2D eigenvalue weighted by atomic mass is 16.5. The molecule has 1 saturated carbocycles. The van der Waals surface area contributed by atoms with Crippen LogP contribution in [0.5, 0.6) is 5.75 Å². The third-order valence-corrected chi connectivity index (χ3v) is 6.19. The van der Waals surface area contributed by atoms with Crippen LogP contribution in [0.3, 0.4) is 0 Å². The van der Waals surface area contributed by atoms with Crippen molar-refractivity contribution >= 4 is 11.7 Å². The predicted molar refractivity (Wildman–Crippen MR) is 122 cm³/mol. The Kier molecular flexibility index (Phi) is 8.37. The summed E-state index contributed by atoms with van der Waals surface area (Å²) in [6.07, 6.45) is 9.69. The lowest BCUT2D eigenvalue weighted by molar-refractivity contribution is -0.123. The Bertz CT molecular complexity index is 678. The number of carbonyl (C=O) groups is 1. The maximum Gasteiger partial charge on any atom is 0.220 e. The number of aromatic nitrogens is 1. The molecule has 0 bridgehead atoms. The largest absolute Gasteiger partial charge is 0.493 e. The summed E-state index contributed by atoms with van der Waals surface area (Å²) < 4.78 is 5.59. The monoisotopic (exact) mass is 416 g/mol. The van der Waals surface area contributed by atoms with Gasteiger partial charge in [-0.05, 0) is 49.1 Å². The van der Waals surface area contributed by atoms with E-state index < -0.39 is 0 Å². The second-order valence-corrected chi connectivity index (χ2v) is 10.1. The zero-order valence-electron chi connectivity index (χ0n) is 19.1. The highest BCUT2D eigenvalue weighted by Gasteiger charge is 2.22. The number of hydrogen-bond acceptors (Lipinski definition) is 5. The fraction of sp³-hybridized carbons (Fsp3) is 0.750. The molecule has 6 heteroatoms. The fourth-order valence-corrected chi connectivity index (χ4v) is 4.49. The Morgan fingerprint density at radius 2 is 1.90 bits per heavy atom. The molecule has 1 aliphatic heterocycles. The zero-order chi connectivity index (χ0) is 21.4. The summed E-state index contributed by atoms with van der Waals surface area (Å²) in [5.74, 6) is 3.63. The van der Waals surface area contributed by atoms with Gasteiger partial charge in [0.2, 0.25) is 5.91 Å². The highest BCUT2D eigenvalue weighted by Crippen LogP contribution is 2.31. The maximum atomic E-state index is 12.0. The van der Waals surface area contributed by atoms with E-state index >= 15 is 0 Å². The first-order valence-electron chi connectivity index (χ1n) is 11.7. The van der Waals surface area contributed by atoms with Crippen molar-refractivity contribution in [3.05, 3.63) is 17.8 Å². The van der Waals surface area contributed by atoms with Gasteiger partial charge in [0, 0.05) is 44.2 Å². The van der Waals surface area contributed by atoms with Gasteiger partial charge in [0.25, 0.3) is 0 Å². The van der Waals surface area contributed by atoms with Gasteiger partial charge in [0.05, 0.1) is 6.61 Å². The molecule has 1 aromatic rings. The van der Waals surface area contributed by atoms with E-state index in [2.05, 4.69) is 41.7 Å². The van der Waals surface area contributed by atoms with Gasteiger partial charge in [-0.3, -0.25) is 4.79 Å². The van der Waals surface area contributed by atoms with Gasteiger partial charge in [0.15, 0.2) is 0 Å². The number of anilines is 1. The molecule has 3 rings (SSSR count). The lowest BCUT2D eigenvalue weighted by Gasteiger charge is -2.29. The van der Waals surface area contributed by atoms with E-state index in [4.69, 9.17) is 4.74 Å². The van der Waals surface area contributed by atoms with E-state index in [0.717, 1.165) is 56.7 Å². The number of ether oxygens (including phenoxy) is 1. The Morgan fingerprint density at radius 3 is 2.67 bits per heavy atom. The van der Waals surface area contributed by atoms with Gasteiger partial charge in [-0.1, -0.05) is 33.6 Å². The number of carbonyl (C=O) groups excluding carboxylic acids is 1. The molecular formula is C24H40N4O2. The number of amides is 1. The number of hydrogen-bond donors (Lipinski definition) is 3. The van der Waals surface area contributed by atoms with Crippen molar-refractivity contribution in [3.63, 3.8) is 0 Å². The van der Waals surface area contributed by atoms with E-state index in [1.54, 1.807) is 0 Å². The van der Waals surface area contributed by atoms with Crippen LogP contribution in [0, 0.1) is 17.3 Å². The van der Waals surface area contributed by atoms with Crippen molar-refractivity contribution in [3.8, 4) is 5.75 Å². The lowest BCUT2D eigenvalue weighted by Crippen LogP contribution is -2.33. The summed E-state index contributed by atoms with van der Waals surface area (Å²) in [6, 6.07) is 1.94. The minimum Gasteiger partial charge on any atom is -0.493 e. The Hall–Kier alpha value is -1.82. The minimum atomic E-state index is 0.0658. The van der Waals surface area contributed by atoms with Gasteiger partial charge in [0.1, 0.15) is 11.6 Å². The molecule has 0 aromatic carbocycles. The lowest BCUT2D eigenvalue weighted by atomic mass is 9.80. The van der Waals surface area contributed by atoms with Crippen LogP contribution in [-0.4, -0.2) is 43.7 Å². The van der Waals surface area contributed by atoms with Crippen molar-refractivity contribution in [1.82, 2.24) is 15.6 Å². The van der Waals surface area contributed by atoms with Crippen molar-refractivity contribution < 1.29 is 9.53 Å². The second kappa shape index (κ2) is 11.0. The van der Waals surface area contributed by atoms with Gasteiger partial charge in [-0.15, -0.1) is 0 Å². The average molecular weight is 417 g/mol. The molecule has 0 radical (unpaired) electrons. The number of fused-ring (bicyclic) bond motifs is 1. The number of rotatable bonds is 10. The standard InChI is InChI=1S/C24H40N4O2/c1-24(2,3)16-22(29)28-17-19-6-4-18(5-7-19)8-11-25-13-14-27-23-20-10-15-30-21(20)9-12-26-23/h9,12,18-19,25H,4-8,10-11,13-17H2,1-3H3,(H,26,27)(H,28,29). The van der Waals surface area contributed by atoms with Gasteiger partial charge < -0.3 is 20.7 Å². The van der Waals surface area contributed by atoms with E-state index in [1.165, 1.54) is 37.7 Å². The summed E-state index contributed by atoms with van der Waals surface area (Å²) in [7, 11) is 0. The minimum absolute atomic E-state index is 0.0658. The van der Waals surface area contributed by atoms with E-state index in [9.17, 15) is 4.79 Å². The molecule has 3 N–H and O–H groups in total. The van der Waals surface area contributed by atoms with Crippen LogP contribution in [0.25, 0.3) is 0 Å². The van der Waals surface area contributed by atoms with E-state index in [0.29, 0.717) is 12.3 Å². The normalized spacial score (nSPS) is 21.0. The fourth-order valence-electron chi connectivity index (χ4n) is 4.49. The van der Waals surface area contributed by atoms with Crippen LogP contribution in [0.4, 0.5) is 5.82 Å².